The number of hydrogen-bond donors (Lipinski definition) is 1. The normalized spacial score (nSPS) is 12.0. The molecule has 0 saturated heterocycles. The van der Waals surface area contributed by atoms with E-state index in [0.29, 0.717) is 11.3 Å². The summed E-state index contributed by atoms with van der Waals surface area (Å²) in [5, 5.41) is 2.98. The van der Waals surface area contributed by atoms with Crippen molar-refractivity contribution in [1.29, 1.82) is 0 Å². The van der Waals surface area contributed by atoms with Crippen LogP contribution in [-0.2, 0) is 32.6 Å². The van der Waals surface area contributed by atoms with Crippen molar-refractivity contribution >= 4 is 27.5 Å². The monoisotopic (exact) mass is 597 g/mol. The molecule has 1 N–H and O–H groups in total. The zero-order valence-electron chi connectivity index (χ0n) is 25.1. The molecule has 0 heterocycles. The number of benzene rings is 4. The van der Waals surface area contributed by atoms with E-state index in [1.807, 2.05) is 100 Å². The van der Waals surface area contributed by atoms with Gasteiger partial charge in [-0.15, -0.1) is 0 Å². The molecule has 2 amide bonds. The van der Waals surface area contributed by atoms with Crippen molar-refractivity contribution in [3.63, 3.8) is 0 Å². The molecule has 4 rings (SSSR count). The topological polar surface area (TPSA) is 86.8 Å². The Morgan fingerprint density at radius 2 is 1.33 bits per heavy atom. The third kappa shape index (κ3) is 8.11. The molecular weight excluding hydrogens is 558 g/mol. The van der Waals surface area contributed by atoms with E-state index in [9.17, 15) is 18.0 Å². The van der Waals surface area contributed by atoms with Gasteiger partial charge in [0.15, 0.2) is 0 Å². The van der Waals surface area contributed by atoms with Gasteiger partial charge in [0.25, 0.3) is 10.0 Å². The molecule has 224 valence electrons. The maximum absolute atomic E-state index is 14.5. The van der Waals surface area contributed by atoms with Gasteiger partial charge in [0.05, 0.1) is 10.6 Å². The summed E-state index contributed by atoms with van der Waals surface area (Å²) in [6.07, 6.45) is 0.271. The van der Waals surface area contributed by atoms with E-state index in [0.717, 1.165) is 16.7 Å². The molecule has 0 aliphatic heterocycles. The van der Waals surface area contributed by atoms with Crippen molar-refractivity contribution in [2.45, 2.75) is 57.6 Å². The van der Waals surface area contributed by atoms with Gasteiger partial charge >= 0.3 is 0 Å². The summed E-state index contributed by atoms with van der Waals surface area (Å²) < 4.78 is 29.4. The van der Waals surface area contributed by atoms with Gasteiger partial charge in [-0.1, -0.05) is 91.0 Å². The number of anilines is 1. The third-order valence-electron chi connectivity index (χ3n) is 7.14. The second-order valence-corrected chi connectivity index (χ2v) is 12.9. The molecule has 1 atom stereocenters. The molecule has 0 aromatic heterocycles. The van der Waals surface area contributed by atoms with Crippen molar-refractivity contribution in [2.24, 2.45) is 0 Å². The first kappa shape index (κ1) is 31.5. The summed E-state index contributed by atoms with van der Waals surface area (Å²) in [4.78, 5) is 29.8. The minimum absolute atomic E-state index is 0.0803. The molecule has 7 nitrogen and oxygen atoms in total. The van der Waals surface area contributed by atoms with Crippen molar-refractivity contribution in [2.75, 3.05) is 10.8 Å². The van der Waals surface area contributed by atoms with Crippen LogP contribution in [0.1, 0.15) is 36.1 Å². The zero-order valence-corrected chi connectivity index (χ0v) is 25.9. The molecule has 0 aliphatic rings. The summed E-state index contributed by atoms with van der Waals surface area (Å²) >= 11 is 0. The van der Waals surface area contributed by atoms with E-state index in [1.165, 1.54) is 21.3 Å². The lowest BCUT2D eigenvalue weighted by Gasteiger charge is -2.34. The van der Waals surface area contributed by atoms with Crippen LogP contribution in [-0.4, -0.2) is 43.8 Å². The number of nitrogens with zero attached hydrogens (tertiary/aromatic N) is 2. The lowest BCUT2D eigenvalue weighted by Crippen LogP contribution is -2.54. The molecule has 0 fully saturated rings. The number of sulfonamides is 1. The van der Waals surface area contributed by atoms with Crippen LogP contribution in [0.2, 0.25) is 0 Å². The molecule has 4 aromatic carbocycles. The molecule has 8 heteroatoms. The Labute approximate surface area is 255 Å². The maximum atomic E-state index is 14.5. The Balaban J connectivity index is 1.81. The second-order valence-electron chi connectivity index (χ2n) is 11.0. The molecule has 43 heavy (non-hydrogen) atoms. The van der Waals surface area contributed by atoms with E-state index in [-0.39, 0.29) is 29.8 Å². The Kier molecular flexibility index (Phi) is 10.4. The van der Waals surface area contributed by atoms with Crippen LogP contribution < -0.4 is 9.62 Å². The lowest BCUT2D eigenvalue weighted by molar-refractivity contribution is -0.140. The van der Waals surface area contributed by atoms with E-state index in [4.69, 9.17) is 0 Å². The SMILES string of the molecule is Cc1ccc(C)c(N(CC(=O)N(Cc2ccccc2)[C@@H](Cc2ccccc2)C(=O)NC(C)C)S(=O)(=O)c2ccccc2)c1. The largest absolute Gasteiger partial charge is 0.352 e. The Morgan fingerprint density at radius 1 is 0.767 bits per heavy atom. The predicted octanol–water partition coefficient (Wildman–Crippen LogP) is 5.66. The highest BCUT2D eigenvalue weighted by molar-refractivity contribution is 7.92. The minimum atomic E-state index is -4.13. The molecule has 0 bridgehead atoms. The van der Waals surface area contributed by atoms with E-state index < -0.39 is 28.5 Å². The first-order valence-corrected chi connectivity index (χ1v) is 15.8. The van der Waals surface area contributed by atoms with Crippen molar-refractivity contribution in [3.05, 3.63) is 131 Å². The number of amides is 2. The van der Waals surface area contributed by atoms with Gasteiger partial charge in [0.1, 0.15) is 12.6 Å². The van der Waals surface area contributed by atoms with E-state index in [1.54, 1.807) is 24.3 Å². The second kappa shape index (κ2) is 14.2. The fourth-order valence-corrected chi connectivity index (χ4v) is 6.43. The van der Waals surface area contributed by atoms with Gasteiger partial charge in [-0.25, -0.2) is 8.42 Å². The molecule has 0 unspecified atom stereocenters. The Morgan fingerprint density at radius 3 is 1.91 bits per heavy atom. The van der Waals surface area contributed by atoms with Crippen LogP contribution in [0.25, 0.3) is 0 Å². The summed E-state index contributed by atoms with van der Waals surface area (Å²) in [6.45, 7) is 7.10. The van der Waals surface area contributed by atoms with Gasteiger partial charge in [-0.3, -0.25) is 13.9 Å². The van der Waals surface area contributed by atoms with Gasteiger partial charge in [-0.05, 0) is 68.1 Å². The van der Waals surface area contributed by atoms with Crippen LogP contribution in [0.5, 0.6) is 0 Å². The number of nitrogens with one attached hydrogen (secondary N) is 1. The van der Waals surface area contributed by atoms with Crippen LogP contribution in [0.4, 0.5) is 5.69 Å². The smallest absolute Gasteiger partial charge is 0.264 e. The van der Waals surface area contributed by atoms with E-state index >= 15 is 0 Å². The van der Waals surface area contributed by atoms with Crippen molar-refractivity contribution < 1.29 is 18.0 Å². The quantitative estimate of drug-likeness (QED) is 0.228. The number of carbonyl (C=O) groups is 2. The highest BCUT2D eigenvalue weighted by Crippen LogP contribution is 2.28. The van der Waals surface area contributed by atoms with Crippen LogP contribution in [0.3, 0.4) is 0 Å². The molecule has 0 spiro atoms. The highest BCUT2D eigenvalue weighted by Gasteiger charge is 2.35. The summed E-state index contributed by atoms with van der Waals surface area (Å²) in [5.74, 6) is -0.781. The highest BCUT2D eigenvalue weighted by atomic mass is 32.2. The lowest BCUT2D eigenvalue weighted by atomic mass is 10.0. The van der Waals surface area contributed by atoms with Gasteiger partial charge in [-0.2, -0.15) is 0 Å². The maximum Gasteiger partial charge on any atom is 0.264 e. The average Bonchev–Trinajstić information content (AvgIpc) is 3.00. The fraction of sp³-hybridized carbons (Fsp3) is 0.257. The standard InChI is InChI=1S/C35H39N3O4S/c1-26(2)36-35(40)33(23-29-14-8-5-9-15-29)37(24-30-16-10-6-11-17-30)34(39)25-38(32-22-27(3)20-21-28(32)4)43(41,42)31-18-12-7-13-19-31/h5-22,26,33H,23-25H2,1-4H3,(H,36,40)/t33-/m0/s1. The van der Waals surface area contributed by atoms with Crippen LogP contribution in [0.15, 0.2) is 114 Å². The first-order valence-electron chi connectivity index (χ1n) is 14.4. The summed E-state index contributed by atoms with van der Waals surface area (Å²) in [7, 11) is -4.13. The number of carbonyl (C=O) groups excluding carboxylic acids is 2. The molecule has 0 radical (unpaired) electrons. The number of rotatable bonds is 12. The fourth-order valence-electron chi connectivity index (χ4n) is 4.94. The van der Waals surface area contributed by atoms with Gasteiger partial charge < -0.3 is 10.2 Å². The minimum Gasteiger partial charge on any atom is -0.352 e. The summed E-state index contributed by atoms with van der Waals surface area (Å²) in [5.41, 5.74) is 3.71. The first-order chi connectivity index (χ1) is 20.6. The van der Waals surface area contributed by atoms with Crippen molar-refractivity contribution in [3.8, 4) is 0 Å². The van der Waals surface area contributed by atoms with Crippen molar-refractivity contribution in [1.82, 2.24) is 10.2 Å². The molecular formula is C35H39N3O4S. The van der Waals surface area contributed by atoms with Gasteiger partial charge in [0, 0.05) is 19.0 Å². The number of hydrogen-bond acceptors (Lipinski definition) is 4. The Bertz CT molecular complexity index is 1630. The average molecular weight is 598 g/mol. The molecule has 0 saturated carbocycles. The van der Waals surface area contributed by atoms with E-state index in [2.05, 4.69) is 5.32 Å². The summed E-state index contributed by atoms with van der Waals surface area (Å²) in [6, 6.07) is 31.5. The number of aryl methyl sites for hydroxylation is 2. The van der Waals surface area contributed by atoms with Crippen LogP contribution in [0, 0.1) is 13.8 Å². The molecule has 4 aromatic rings. The Hall–Kier alpha value is -4.43. The molecule has 0 aliphatic carbocycles. The van der Waals surface area contributed by atoms with Gasteiger partial charge in [0.2, 0.25) is 11.8 Å². The predicted molar refractivity (Wildman–Crippen MR) is 171 cm³/mol. The third-order valence-corrected chi connectivity index (χ3v) is 8.92. The van der Waals surface area contributed by atoms with Crippen LogP contribution >= 0.6 is 0 Å². The zero-order chi connectivity index (χ0) is 31.0.